The summed E-state index contributed by atoms with van der Waals surface area (Å²) in [7, 11) is 0. The molecule has 0 fully saturated rings. The van der Waals surface area contributed by atoms with E-state index in [1.54, 1.807) is 35.6 Å². The molecule has 13 nitrogen and oxygen atoms in total. The quantitative estimate of drug-likeness (QED) is 0.0984. The standard InChI is InChI=1S/C21H24N4O9S/c22-19-23-11(9-35-19)6-13(26)24-14-17(29)15(27)12(16(28)18(14)30)8-21(33,34)25-20(31,32)7-10-4-2-1-3-5-10/h1-5,9,25,27-34H,6-8H2,(H2,22,23)(H,24,26). The maximum atomic E-state index is 12.2. The van der Waals surface area contributed by atoms with Gasteiger partial charge in [0, 0.05) is 18.2 Å². The van der Waals surface area contributed by atoms with Gasteiger partial charge < -0.3 is 51.9 Å². The topological polar surface area (TPSA) is 242 Å². The second-order valence-electron chi connectivity index (χ2n) is 7.75. The Kier molecular flexibility index (Phi) is 7.35. The van der Waals surface area contributed by atoms with Crippen LogP contribution in [0.4, 0.5) is 10.8 Å². The highest BCUT2D eigenvalue weighted by Crippen LogP contribution is 2.50. The minimum Gasteiger partial charge on any atom is -0.504 e. The molecule has 35 heavy (non-hydrogen) atoms. The van der Waals surface area contributed by atoms with E-state index in [4.69, 9.17) is 5.73 Å². The number of rotatable bonds is 9. The fourth-order valence-corrected chi connectivity index (χ4v) is 3.88. The maximum Gasteiger partial charge on any atom is 0.230 e. The number of hydrogen-bond donors (Lipinski definition) is 11. The number of thiazole rings is 1. The molecule has 0 spiro atoms. The Bertz CT molecular complexity index is 1190. The van der Waals surface area contributed by atoms with E-state index >= 15 is 0 Å². The smallest absolute Gasteiger partial charge is 0.230 e. The van der Waals surface area contributed by atoms with Crippen LogP contribution in [0.5, 0.6) is 23.0 Å². The van der Waals surface area contributed by atoms with Gasteiger partial charge in [0.15, 0.2) is 28.1 Å². The van der Waals surface area contributed by atoms with E-state index in [0.717, 1.165) is 11.3 Å². The highest BCUT2D eigenvalue weighted by molar-refractivity contribution is 7.13. The van der Waals surface area contributed by atoms with Crippen LogP contribution in [-0.2, 0) is 24.1 Å². The number of amides is 1. The van der Waals surface area contributed by atoms with Crippen molar-refractivity contribution in [2.45, 2.75) is 31.1 Å². The first-order chi connectivity index (χ1) is 16.3. The first-order valence-electron chi connectivity index (χ1n) is 9.99. The van der Waals surface area contributed by atoms with Crippen LogP contribution in [-0.4, -0.2) is 63.6 Å². The molecule has 14 heteroatoms. The van der Waals surface area contributed by atoms with Crippen molar-refractivity contribution in [3.05, 3.63) is 52.5 Å². The number of aromatic hydroxyl groups is 4. The van der Waals surface area contributed by atoms with E-state index in [2.05, 4.69) is 10.3 Å². The third-order valence-corrected chi connectivity index (χ3v) is 5.51. The number of nitrogens with two attached hydrogens (primary N) is 1. The first-order valence-corrected chi connectivity index (χ1v) is 10.9. The molecule has 0 bridgehead atoms. The Morgan fingerprint density at radius 3 is 2.03 bits per heavy atom. The van der Waals surface area contributed by atoms with Gasteiger partial charge in [-0.25, -0.2) is 10.3 Å². The van der Waals surface area contributed by atoms with Crippen LogP contribution in [0.2, 0.25) is 0 Å². The van der Waals surface area contributed by atoms with Crippen LogP contribution in [0.3, 0.4) is 0 Å². The van der Waals surface area contributed by atoms with Gasteiger partial charge in [-0.15, -0.1) is 11.3 Å². The molecule has 0 aliphatic carbocycles. The van der Waals surface area contributed by atoms with Crippen LogP contribution in [0, 0.1) is 0 Å². The normalized spacial score (nSPS) is 12.0. The van der Waals surface area contributed by atoms with E-state index in [9.17, 15) is 45.6 Å². The van der Waals surface area contributed by atoms with Gasteiger partial charge in [-0.1, -0.05) is 30.3 Å². The first kappa shape index (κ1) is 26.0. The summed E-state index contributed by atoms with van der Waals surface area (Å²) >= 11 is 1.09. The lowest BCUT2D eigenvalue weighted by Gasteiger charge is -2.32. The average molecular weight is 509 g/mol. The fraction of sp³-hybridized carbons (Fsp3) is 0.238. The van der Waals surface area contributed by atoms with Crippen molar-refractivity contribution in [1.29, 1.82) is 0 Å². The van der Waals surface area contributed by atoms with Crippen molar-refractivity contribution < 1.29 is 45.6 Å². The van der Waals surface area contributed by atoms with E-state index in [-0.39, 0.29) is 11.6 Å². The molecule has 3 rings (SSSR count). The monoisotopic (exact) mass is 508 g/mol. The lowest BCUT2D eigenvalue weighted by Crippen LogP contribution is -2.60. The summed E-state index contributed by atoms with van der Waals surface area (Å²) in [6.07, 6.45) is -1.90. The average Bonchev–Trinajstić information content (AvgIpc) is 3.17. The van der Waals surface area contributed by atoms with Gasteiger partial charge in [0.1, 0.15) is 5.69 Å². The van der Waals surface area contributed by atoms with Crippen LogP contribution >= 0.6 is 11.3 Å². The summed E-state index contributed by atoms with van der Waals surface area (Å²) < 4.78 is 0. The Labute approximate surface area is 202 Å². The number of nitrogens with one attached hydrogen (secondary N) is 2. The van der Waals surface area contributed by atoms with Crippen molar-refractivity contribution in [2.75, 3.05) is 11.1 Å². The largest absolute Gasteiger partial charge is 0.504 e. The molecule has 0 radical (unpaired) electrons. The highest BCUT2D eigenvalue weighted by atomic mass is 32.1. The summed E-state index contributed by atoms with van der Waals surface area (Å²) in [6, 6.07) is 8.07. The van der Waals surface area contributed by atoms with E-state index < -0.39 is 64.8 Å². The number of aromatic nitrogens is 1. The van der Waals surface area contributed by atoms with Crippen LogP contribution < -0.4 is 16.4 Å². The molecule has 0 atom stereocenters. The molecular formula is C21H24N4O9S. The molecule has 0 aliphatic rings. The molecule has 1 heterocycles. The van der Waals surface area contributed by atoms with Gasteiger partial charge in [-0.05, 0) is 5.56 Å². The third-order valence-electron chi connectivity index (χ3n) is 4.79. The van der Waals surface area contributed by atoms with Crippen molar-refractivity contribution in [3.8, 4) is 23.0 Å². The van der Waals surface area contributed by atoms with Crippen molar-refractivity contribution in [3.63, 3.8) is 0 Å². The summed E-state index contributed by atoms with van der Waals surface area (Å²) in [5, 5.41) is 87.5. The number of nitrogens with zero attached hydrogens (tertiary/aromatic N) is 1. The number of nitrogen functional groups attached to an aromatic ring is 1. The Balaban J connectivity index is 1.78. The second kappa shape index (κ2) is 9.91. The number of carbonyl (C=O) groups excluding carboxylic acids is 1. The second-order valence-corrected chi connectivity index (χ2v) is 8.64. The van der Waals surface area contributed by atoms with E-state index in [0.29, 0.717) is 11.3 Å². The lowest BCUT2D eigenvalue weighted by molar-refractivity contribution is -0.284. The molecule has 1 amide bonds. The zero-order valence-corrected chi connectivity index (χ0v) is 18.8. The molecule has 12 N–H and O–H groups in total. The van der Waals surface area contributed by atoms with Gasteiger partial charge >= 0.3 is 0 Å². The third kappa shape index (κ3) is 6.48. The van der Waals surface area contributed by atoms with Gasteiger partial charge in [-0.2, -0.15) is 0 Å². The Morgan fingerprint density at radius 2 is 1.49 bits per heavy atom. The predicted molar refractivity (Wildman–Crippen MR) is 123 cm³/mol. The molecular weight excluding hydrogens is 484 g/mol. The molecule has 3 aromatic rings. The highest BCUT2D eigenvalue weighted by Gasteiger charge is 2.38. The summed E-state index contributed by atoms with van der Waals surface area (Å²) in [5.41, 5.74) is 4.72. The SMILES string of the molecule is Nc1nc(CC(=O)Nc2c(O)c(O)c(CC(O)(O)NC(O)(O)Cc3ccccc3)c(O)c2O)cs1. The Hall–Kier alpha value is -3.66. The van der Waals surface area contributed by atoms with Crippen molar-refractivity contribution >= 4 is 28.1 Å². The molecule has 1 aromatic heterocycles. The summed E-state index contributed by atoms with van der Waals surface area (Å²) in [6.45, 7) is 0. The summed E-state index contributed by atoms with van der Waals surface area (Å²) in [5.74, 6) is -11.1. The number of aliphatic hydroxyl groups is 4. The van der Waals surface area contributed by atoms with E-state index in [1.165, 1.54) is 5.38 Å². The minimum atomic E-state index is -3.15. The number of hydrogen-bond acceptors (Lipinski definition) is 13. The molecule has 0 aliphatic heterocycles. The summed E-state index contributed by atoms with van der Waals surface area (Å²) in [4.78, 5) is 16.1. The van der Waals surface area contributed by atoms with Crippen LogP contribution in [0.1, 0.15) is 16.8 Å². The zero-order valence-electron chi connectivity index (χ0n) is 18.0. The number of carbonyl (C=O) groups is 1. The minimum absolute atomic E-state index is 0.224. The molecule has 2 aromatic carbocycles. The van der Waals surface area contributed by atoms with Gasteiger partial charge in [-0.3, -0.25) is 4.79 Å². The predicted octanol–water partition coefficient (Wildman–Crippen LogP) is -0.619. The Morgan fingerprint density at radius 1 is 0.914 bits per heavy atom. The molecule has 188 valence electrons. The number of benzene rings is 2. The lowest BCUT2D eigenvalue weighted by atomic mass is 10.0. The van der Waals surface area contributed by atoms with Crippen molar-refractivity contribution in [2.24, 2.45) is 0 Å². The van der Waals surface area contributed by atoms with Gasteiger partial charge in [0.05, 0.1) is 17.7 Å². The molecule has 0 unspecified atom stereocenters. The zero-order chi connectivity index (χ0) is 26.0. The van der Waals surface area contributed by atoms with Crippen molar-refractivity contribution in [1.82, 2.24) is 10.3 Å². The van der Waals surface area contributed by atoms with E-state index in [1.807, 2.05) is 0 Å². The van der Waals surface area contributed by atoms with Crippen LogP contribution in [0.15, 0.2) is 35.7 Å². The number of phenolic OH excluding ortho intramolecular Hbond substituents is 4. The van der Waals surface area contributed by atoms with Crippen LogP contribution in [0.25, 0.3) is 0 Å². The number of phenols is 4. The van der Waals surface area contributed by atoms with Gasteiger partial charge in [0.2, 0.25) is 17.7 Å². The van der Waals surface area contributed by atoms with Gasteiger partial charge in [0.25, 0.3) is 0 Å². The molecule has 0 saturated carbocycles. The molecule has 0 saturated heterocycles. The number of anilines is 2. The fourth-order valence-electron chi connectivity index (χ4n) is 3.32. The maximum absolute atomic E-state index is 12.2.